The summed E-state index contributed by atoms with van der Waals surface area (Å²) in [6.07, 6.45) is 0.735. The van der Waals surface area contributed by atoms with Gasteiger partial charge >= 0.3 is 0 Å². The molecule has 0 aliphatic rings. The summed E-state index contributed by atoms with van der Waals surface area (Å²) < 4.78 is 5.36. The SMILES string of the molecule is O=Cc1ccc(C(=O)COc2ccc(Cl)cc2)cc1. The van der Waals surface area contributed by atoms with Crippen LogP contribution in [-0.4, -0.2) is 18.7 Å². The van der Waals surface area contributed by atoms with E-state index in [0.29, 0.717) is 21.9 Å². The van der Waals surface area contributed by atoms with Gasteiger partial charge in [0.2, 0.25) is 0 Å². The van der Waals surface area contributed by atoms with E-state index in [9.17, 15) is 9.59 Å². The predicted molar refractivity (Wildman–Crippen MR) is 73.1 cm³/mol. The van der Waals surface area contributed by atoms with E-state index in [1.807, 2.05) is 0 Å². The van der Waals surface area contributed by atoms with Crippen LogP contribution in [0.1, 0.15) is 20.7 Å². The van der Waals surface area contributed by atoms with Gasteiger partial charge in [0, 0.05) is 16.1 Å². The molecule has 4 heteroatoms. The summed E-state index contributed by atoms with van der Waals surface area (Å²) in [5, 5.41) is 0.614. The van der Waals surface area contributed by atoms with Crippen molar-refractivity contribution in [3.8, 4) is 5.75 Å². The van der Waals surface area contributed by atoms with Crippen molar-refractivity contribution in [2.24, 2.45) is 0 Å². The molecule has 0 saturated heterocycles. The van der Waals surface area contributed by atoms with E-state index in [1.165, 1.54) is 0 Å². The van der Waals surface area contributed by atoms with Gasteiger partial charge in [-0.15, -0.1) is 0 Å². The average Bonchev–Trinajstić information content (AvgIpc) is 2.46. The van der Waals surface area contributed by atoms with E-state index in [1.54, 1.807) is 48.5 Å². The van der Waals surface area contributed by atoms with Gasteiger partial charge in [-0.2, -0.15) is 0 Å². The van der Waals surface area contributed by atoms with Gasteiger partial charge in [-0.05, 0) is 24.3 Å². The number of carbonyl (C=O) groups excluding carboxylic acids is 2. The molecule has 19 heavy (non-hydrogen) atoms. The minimum atomic E-state index is -0.146. The van der Waals surface area contributed by atoms with Gasteiger partial charge in [-0.3, -0.25) is 9.59 Å². The average molecular weight is 275 g/mol. The quantitative estimate of drug-likeness (QED) is 0.620. The molecule has 0 saturated carbocycles. The standard InChI is InChI=1S/C15H11ClO3/c16-13-5-7-14(8-6-13)19-10-15(18)12-3-1-11(9-17)2-4-12/h1-9H,10H2. The zero-order valence-electron chi connectivity index (χ0n) is 10.0. The van der Waals surface area contributed by atoms with Crippen LogP contribution < -0.4 is 4.74 Å². The van der Waals surface area contributed by atoms with E-state index in [-0.39, 0.29) is 12.4 Å². The Morgan fingerprint density at radius 2 is 1.68 bits per heavy atom. The Morgan fingerprint density at radius 1 is 1.05 bits per heavy atom. The van der Waals surface area contributed by atoms with Crippen molar-refractivity contribution in [3.05, 3.63) is 64.7 Å². The maximum atomic E-state index is 11.8. The third-order valence-electron chi connectivity index (χ3n) is 2.55. The number of aldehydes is 1. The number of ether oxygens (including phenoxy) is 1. The Hall–Kier alpha value is -2.13. The topological polar surface area (TPSA) is 43.4 Å². The second-order valence-electron chi connectivity index (χ2n) is 3.91. The lowest BCUT2D eigenvalue weighted by Gasteiger charge is -2.05. The smallest absolute Gasteiger partial charge is 0.200 e. The maximum absolute atomic E-state index is 11.8. The lowest BCUT2D eigenvalue weighted by Crippen LogP contribution is -2.11. The van der Waals surface area contributed by atoms with Crippen molar-refractivity contribution in [1.29, 1.82) is 0 Å². The first-order valence-corrected chi connectivity index (χ1v) is 6.03. The molecule has 2 aromatic rings. The van der Waals surface area contributed by atoms with Crippen LogP contribution in [-0.2, 0) is 0 Å². The summed E-state index contributed by atoms with van der Waals surface area (Å²) in [6, 6.07) is 13.2. The van der Waals surface area contributed by atoms with Crippen LogP contribution in [0.25, 0.3) is 0 Å². The summed E-state index contributed by atoms with van der Waals surface area (Å²) in [7, 11) is 0. The Kier molecular flexibility index (Phi) is 4.31. The van der Waals surface area contributed by atoms with Gasteiger partial charge in [0.05, 0.1) is 0 Å². The molecule has 0 atom stereocenters. The number of hydrogen-bond acceptors (Lipinski definition) is 3. The van der Waals surface area contributed by atoms with Crippen LogP contribution in [0.3, 0.4) is 0 Å². The van der Waals surface area contributed by atoms with Gasteiger partial charge in [0.15, 0.2) is 12.4 Å². The Morgan fingerprint density at radius 3 is 2.26 bits per heavy atom. The summed E-state index contributed by atoms with van der Waals surface area (Å²) in [5.41, 5.74) is 1.05. The second-order valence-corrected chi connectivity index (χ2v) is 4.34. The van der Waals surface area contributed by atoms with E-state index >= 15 is 0 Å². The molecule has 0 bridgehead atoms. The highest BCUT2D eigenvalue weighted by Gasteiger charge is 2.06. The Balaban J connectivity index is 1.96. The van der Waals surface area contributed by atoms with Crippen LogP contribution in [0.5, 0.6) is 5.75 Å². The summed E-state index contributed by atoms with van der Waals surface area (Å²) >= 11 is 5.75. The third-order valence-corrected chi connectivity index (χ3v) is 2.80. The van der Waals surface area contributed by atoms with Crippen molar-refractivity contribution in [1.82, 2.24) is 0 Å². The van der Waals surface area contributed by atoms with Crippen LogP contribution >= 0.6 is 11.6 Å². The van der Waals surface area contributed by atoms with E-state index < -0.39 is 0 Å². The first-order chi connectivity index (χ1) is 9.19. The number of Topliss-reactive ketones (excluding diaryl/α,β-unsaturated/α-hetero) is 1. The molecule has 0 aliphatic heterocycles. The highest BCUT2D eigenvalue weighted by atomic mass is 35.5. The van der Waals surface area contributed by atoms with Crippen molar-refractivity contribution in [2.75, 3.05) is 6.61 Å². The minimum Gasteiger partial charge on any atom is -0.485 e. The number of benzene rings is 2. The van der Waals surface area contributed by atoms with Crippen molar-refractivity contribution in [2.45, 2.75) is 0 Å². The number of rotatable bonds is 5. The van der Waals surface area contributed by atoms with Gasteiger partial charge in [-0.1, -0.05) is 35.9 Å². The molecular formula is C15H11ClO3. The fourth-order valence-electron chi connectivity index (χ4n) is 1.51. The predicted octanol–water partition coefficient (Wildman–Crippen LogP) is 3.41. The Bertz CT molecular complexity index is 573. The minimum absolute atomic E-state index is 0.0535. The summed E-state index contributed by atoms with van der Waals surface area (Å²) in [4.78, 5) is 22.4. The molecule has 0 fully saturated rings. The van der Waals surface area contributed by atoms with Crippen LogP contribution in [0.15, 0.2) is 48.5 Å². The summed E-state index contributed by atoms with van der Waals surface area (Å²) in [6.45, 7) is -0.0535. The number of hydrogen-bond donors (Lipinski definition) is 0. The molecule has 0 unspecified atom stereocenters. The highest BCUT2D eigenvalue weighted by Crippen LogP contribution is 2.15. The zero-order chi connectivity index (χ0) is 13.7. The van der Waals surface area contributed by atoms with Crippen LogP contribution in [0.2, 0.25) is 5.02 Å². The maximum Gasteiger partial charge on any atom is 0.200 e. The first-order valence-electron chi connectivity index (χ1n) is 5.66. The molecule has 0 spiro atoms. The fraction of sp³-hybridized carbons (Fsp3) is 0.0667. The molecule has 0 heterocycles. The normalized spacial score (nSPS) is 9.95. The molecular weight excluding hydrogens is 264 g/mol. The first kappa shape index (κ1) is 13.3. The van der Waals surface area contributed by atoms with Crippen LogP contribution in [0.4, 0.5) is 0 Å². The lowest BCUT2D eigenvalue weighted by atomic mass is 10.1. The van der Waals surface area contributed by atoms with Gasteiger partial charge in [-0.25, -0.2) is 0 Å². The molecule has 96 valence electrons. The third kappa shape index (κ3) is 3.66. The lowest BCUT2D eigenvalue weighted by molar-refractivity contribution is 0.0921. The molecule has 3 nitrogen and oxygen atoms in total. The van der Waals surface area contributed by atoms with Crippen LogP contribution in [0, 0.1) is 0 Å². The zero-order valence-corrected chi connectivity index (χ0v) is 10.8. The molecule has 0 aromatic heterocycles. The van der Waals surface area contributed by atoms with E-state index in [0.717, 1.165) is 6.29 Å². The summed E-state index contributed by atoms with van der Waals surface area (Å²) in [5.74, 6) is 0.440. The fourth-order valence-corrected chi connectivity index (χ4v) is 1.64. The number of ketones is 1. The van der Waals surface area contributed by atoms with Crippen molar-refractivity contribution >= 4 is 23.7 Å². The monoisotopic (exact) mass is 274 g/mol. The van der Waals surface area contributed by atoms with E-state index in [4.69, 9.17) is 16.3 Å². The van der Waals surface area contributed by atoms with Crippen molar-refractivity contribution in [3.63, 3.8) is 0 Å². The van der Waals surface area contributed by atoms with Gasteiger partial charge in [0.25, 0.3) is 0 Å². The molecule has 2 aromatic carbocycles. The molecule has 0 N–H and O–H groups in total. The molecule has 0 radical (unpaired) electrons. The number of carbonyl (C=O) groups is 2. The van der Waals surface area contributed by atoms with Gasteiger partial charge < -0.3 is 4.74 Å². The van der Waals surface area contributed by atoms with Crippen molar-refractivity contribution < 1.29 is 14.3 Å². The largest absolute Gasteiger partial charge is 0.485 e. The van der Waals surface area contributed by atoms with Gasteiger partial charge in [0.1, 0.15) is 12.0 Å². The Labute approximate surface area is 115 Å². The second kappa shape index (κ2) is 6.16. The highest BCUT2D eigenvalue weighted by molar-refractivity contribution is 6.30. The number of halogens is 1. The molecule has 0 aliphatic carbocycles. The van der Waals surface area contributed by atoms with E-state index in [2.05, 4.69) is 0 Å². The molecule has 0 amide bonds. The molecule has 2 rings (SSSR count).